The number of nitriles is 1. The summed E-state index contributed by atoms with van der Waals surface area (Å²) in [7, 11) is 0. The van der Waals surface area contributed by atoms with Gasteiger partial charge in [0.25, 0.3) is 0 Å². The number of H-pyrrole nitrogens is 1. The topological polar surface area (TPSA) is 78.5 Å². The fraction of sp³-hybridized carbons (Fsp3) is 0.0667. The highest BCUT2D eigenvalue weighted by Crippen LogP contribution is 2.30. The van der Waals surface area contributed by atoms with Gasteiger partial charge in [-0.15, -0.1) is 0 Å². The van der Waals surface area contributed by atoms with Crippen LogP contribution in [0.1, 0.15) is 11.1 Å². The van der Waals surface area contributed by atoms with E-state index in [0.717, 1.165) is 22.1 Å². The molecule has 3 rings (SSSR count). The van der Waals surface area contributed by atoms with Crippen molar-refractivity contribution in [1.82, 2.24) is 10.2 Å². The molecule has 4 heteroatoms. The summed E-state index contributed by atoms with van der Waals surface area (Å²) in [6.45, 7) is 1.99. The molecule has 19 heavy (non-hydrogen) atoms. The van der Waals surface area contributed by atoms with Crippen molar-refractivity contribution in [3.8, 4) is 17.2 Å². The maximum absolute atomic E-state index is 9.24. The predicted octanol–water partition coefficient (Wildman–Crippen LogP) is 2.79. The number of fused-ring (bicyclic) bond motifs is 1. The largest absolute Gasteiger partial charge is 0.382 e. The minimum Gasteiger partial charge on any atom is -0.382 e. The van der Waals surface area contributed by atoms with Gasteiger partial charge >= 0.3 is 0 Å². The zero-order valence-corrected chi connectivity index (χ0v) is 10.4. The first-order valence-corrected chi connectivity index (χ1v) is 5.86. The Morgan fingerprint density at radius 3 is 3.00 bits per heavy atom. The number of aryl methyl sites for hydroxylation is 1. The molecular formula is C15H11N4. The Morgan fingerprint density at radius 2 is 2.26 bits per heavy atom. The van der Waals surface area contributed by atoms with Crippen molar-refractivity contribution in [2.24, 2.45) is 0 Å². The molecule has 0 saturated heterocycles. The SMILES string of the molecule is Cc1[c]cccc1-c1cc(C#N)c2[nH]nc(N)c2c1. The first-order chi connectivity index (χ1) is 9.20. The van der Waals surface area contributed by atoms with Crippen molar-refractivity contribution in [2.45, 2.75) is 6.92 Å². The highest BCUT2D eigenvalue weighted by atomic mass is 15.1. The summed E-state index contributed by atoms with van der Waals surface area (Å²) >= 11 is 0. The van der Waals surface area contributed by atoms with E-state index in [1.165, 1.54) is 0 Å². The van der Waals surface area contributed by atoms with Gasteiger partial charge in [0, 0.05) is 5.39 Å². The van der Waals surface area contributed by atoms with Gasteiger partial charge in [-0.3, -0.25) is 5.10 Å². The van der Waals surface area contributed by atoms with Crippen molar-refractivity contribution in [2.75, 3.05) is 5.73 Å². The van der Waals surface area contributed by atoms with Gasteiger partial charge in [0.1, 0.15) is 6.07 Å². The summed E-state index contributed by atoms with van der Waals surface area (Å²) in [5.74, 6) is 0.408. The molecule has 1 aromatic heterocycles. The van der Waals surface area contributed by atoms with Crippen molar-refractivity contribution in [3.63, 3.8) is 0 Å². The summed E-state index contributed by atoms with van der Waals surface area (Å²) in [6.07, 6.45) is 0. The quantitative estimate of drug-likeness (QED) is 0.694. The summed E-state index contributed by atoms with van der Waals surface area (Å²) in [4.78, 5) is 0. The molecule has 0 saturated carbocycles. The van der Waals surface area contributed by atoms with E-state index in [1.54, 1.807) is 0 Å². The van der Waals surface area contributed by atoms with Gasteiger partial charge in [0.05, 0.1) is 11.1 Å². The van der Waals surface area contributed by atoms with Crippen LogP contribution in [0, 0.1) is 24.3 Å². The maximum atomic E-state index is 9.24. The van der Waals surface area contributed by atoms with E-state index in [4.69, 9.17) is 5.73 Å². The number of hydrogen-bond acceptors (Lipinski definition) is 3. The fourth-order valence-corrected chi connectivity index (χ4v) is 2.22. The van der Waals surface area contributed by atoms with Gasteiger partial charge in [0.2, 0.25) is 0 Å². The van der Waals surface area contributed by atoms with E-state index in [1.807, 2.05) is 37.3 Å². The second-order valence-electron chi connectivity index (χ2n) is 4.38. The molecule has 3 aromatic rings. The summed E-state index contributed by atoms with van der Waals surface area (Å²) in [5, 5.41) is 16.8. The highest BCUT2D eigenvalue weighted by molar-refractivity contribution is 5.96. The number of anilines is 1. The Labute approximate surface area is 110 Å². The lowest BCUT2D eigenvalue weighted by Crippen LogP contribution is -1.88. The Kier molecular flexibility index (Phi) is 2.46. The summed E-state index contributed by atoms with van der Waals surface area (Å²) in [5.41, 5.74) is 10.1. The molecule has 1 heterocycles. The van der Waals surface area contributed by atoms with E-state index in [2.05, 4.69) is 22.3 Å². The molecule has 91 valence electrons. The standard InChI is InChI=1S/C15H11N4/c1-9-4-2-3-5-12(9)10-6-11(8-16)14-13(7-10)15(17)19-18-14/h2-3,5-7H,1H3,(H3,17,18,19). The van der Waals surface area contributed by atoms with Crippen LogP contribution in [0.15, 0.2) is 30.3 Å². The van der Waals surface area contributed by atoms with Crippen LogP contribution in [0.4, 0.5) is 5.82 Å². The highest BCUT2D eigenvalue weighted by Gasteiger charge is 2.11. The molecule has 0 bridgehead atoms. The smallest absolute Gasteiger partial charge is 0.153 e. The molecule has 0 aliphatic rings. The van der Waals surface area contributed by atoms with E-state index in [9.17, 15) is 5.26 Å². The minimum absolute atomic E-state index is 0.408. The zero-order valence-electron chi connectivity index (χ0n) is 10.4. The van der Waals surface area contributed by atoms with Gasteiger partial charge in [-0.05, 0) is 41.8 Å². The van der Waals surface area contributed by atoms with Crippen LogP contribution in [0.25, 0.3) is 22.0 Å². The molecule has 1 radical (unpaired) electrons. The maximum Gasteiger partial charge on any atom is 0.153 e. The second kappa shape index (κ2) is 4.14. The third kappa shape index (κ3) is 1.72. The van der Waals surface area contributed by atoms with Crippen molar-refractivity contribution >= 4 is 16.7 Å². The molecule has 0 aliphatic carbocycles. The summed E-state index contributed by atoms with van der Waals surface area (Å²) < 4.78 is 0. The van der Waals surface area contributed by atoms with Gasteiger partial charge in [-0.2, -0.15) is 10.4 Å². The normalized spacial score (nSPS) is 10.5. The van der Waals surface area contributed by atoms with Crippen LogP contribution in [-0.4, -0.2) is 10.2 Å². The number of nitrogen functional groups attached to an aromatic ring is 1. The number of nitrogens with zero attached hydrogens (tertiary/aromatic N) is 2. The molecule has 3 N–H and O–H groups in total. The van der Waals surface area contributed by atoms with Crippen molar-refractivity contribution < 1.29 is 0 Å². The number of rotatable bonds is 1. The fourth-order valence-electron chi connectivity index (χ4n) is 2.22. The third-order valence-corrected chi connectivity index (χ3v) is 3.20. The molecule has 0 spiro atoms. The van der Waals surface area contributed by atoms with Gasteiger partial charge in [0.15, 0.2) is 5.82 Å². The number of aromatic nitrogens is 2. The third-order valence-electron chi connectivity index (χ3n) is 3.20. The molecular weight excluding hydrogens is 236 g/mol. The molecule has 2 aromatic carbocycles. The number of aromatic amines is 1. The van der Waals surface area contributed by atoms with Gasteiger partial charge in [-0.1, -0.05) is 18.2 Å². The van der Waals surface area contributed by atoms with Crippen LogP contribution < -0.4 is 5.73 Å². The Hall–Kier alpha value is -2.80. The lowest BCUT2D eigenvalue weighted by Gasteiger charge is -2.06. The number of nitrogens with one attached hydrogen (secondary N) is 1. The van der Waals surface area contributed by atoms with E-state index >= 15 is 0 Å². The van der Waals surface area contributed by atoms with Crippen LogP contribution >= 0.6 is 0 Å². The molecule has 0 amide bonds. The van der Waals surface area contributed by atoms with Crippen LogP contribution in [0.2, 0.25) is 0 Å². The Balaban J connectivity index is 2.35. The molecule has 0 aliphatic heterocycles. The number of benzene rings is 2. The monoisotopic (exact) mass is 247 g/mol. The van der Waals surface area contributed by atoms with Gasteiger partial charge < -0.3 is 5.73 Å². The minimum atomic E-state index is 0.408. The lowest BCUT2D eigenvalue weighted by molar-refractivity contribution is 1.12. The molecule has 0 unspecified atom stereocenters. The van der Waals surface area contributed by atoms with Gasteiger partial charge in [-0.25, -0.2) is 0 Å². The summed E-state index contributed by atoms with van der Waals surface area (Å²) in [6, 6.07) is 14.9. The van der Waals surface area contributed by atoms with E-state index in [0.29, 0.717) is 16.9 Å². The van der Waals surface area contributed by atoms with Crippen LogP contribution in [0.5, 0.6) is 0 Å². The Bertz CT molecular complexity index is 809. The Morgan fingerprint density at radius 1 is 1.42 bits per heavy atom. The average Bonchev–Trinajstić information content (AvgIpc) is 2.80. The molecule has 0 atom stereocenters. The molecule has 0 fully saturated rings. The predicted molar refractivity (Wildman–Crippen MR) is 74.2 cm³/mol. The number of nitrogens with two attached hydrogens (primary N) is 1. The first kappa shape index (κ1) is 11.3. The van der Waals surface area contributed by atoms with E-state index < -0.39 is 0 Å². The lowest BCUT2D eigenvalue weighted by atomic mass is 9.97. The van der Waals surface area contributed by atoms with E-state index in [-0.39, 0.29) is 0 Å². The van der Waals surface area contributed by atoms with Crippen LogP contribution in [0.3, 0.4) is 0 Å². The average molecular weight is 247 g/mol. The second-order valence-corrected chi connectivity index (χ2v) is 4.38. The van der Waals surface area contributed by atoms with Crippen molar-refractivity contribution in [1.29, 1.82) is 5.26 Å². The first-order valence-electron chi connectivity index (χ1n) is 5.86. The van der Waals surface area contributed by atoms with Crippen LogP contribution in [-0.2, 0) is 0 Å². The van der Waals surface area contributed by atoms with Crippen molar-refractivity contribution in [3.05, 3.63) is 47.5 Å². The zero-order chi connectivity index (χ0) is 13.4. The molecule has 4 nitrogen and oxygen atoms in total. The number of hydrogen-bond donors (Lipinski definition) is 2.